The Hall–Kier alpha value is -1.85. The van der Waals surface area contributed by atoms with E-state index in [1.165, 1.54) is 12.8 Å². The molecule has 1 aromatic heterocycles. The van der Waals surface area contributed by atoms with Crippen molar-refractivity contribution in [3.05, 3.63) is 17.7 Å². The minimum atomic E-state index is -0.315. The molecule has 0 radical (unpaired) electrons. The third kappa shape index (κ3) is 4.65. The van der Waals surface area contributed by atoms with Gasteiger partial charge in [0.1, 0.15) is 5.82 Å². The second kappa shape index (κ2) is 7.41. The number of aromatic nitrogens is 2. The number of imidazole rings is 1. The first kappa shape index (κ1) is 18.9. The molecule has 0 bridgehead atoms. The summed E-state index contributed by atoms with van der Waals surface area (Å²) in [4.78, 5) is 28.7. The molecule has 3 rings (SSSR count). The molecular formula is C20H32N4O2. The van der Waals surface area contributed by atoms with E-state index in [4.69, 9.17) is 0 Å². The molecule has 1 aromatic rings. The fraction of sp³-hybridized carbons (Fsp3) is 0.750. The van der Waals surface area contributed by atoms with Crippen LogP contribution in [0.5, 0.6) is 0 Å². The zero-order valence-electron chi connectivity index (χ0n) is 16.4. The lowest BCUT2D eigenvalue weighted by Crippen LogP contribution is -2.57. The van der Waals surface area contributed by atoms with Crippen LogP contribution in [0.2, 0.25) is 0 Å². The molecule has 0 aromatic carbocycles. The van der Waals surface area contributed by atoms with Crippen LogP contribution in [0, 0.1) is 5.41 Å². The number of nitrogens with one attached hydrogen (secondary N) is 2. The maximum atomic E-state index is 12.5. The number of aryl methyl sites for hydroxylation is 2. The van der Waals surface area contributed by atoms with Crippen molar-refractivity contribution in [2.45, 2.75) is 84.2 Å². The number of rotatable bonds is 5. The minimum Gasteiger partial charge on any atom is -0.353 e. The highest BCUT2D eigenvalue weighted by molar-refractivity contribution is 5.78. The Labute approximate surface area is 156 Å². The van der Waals surface area contributed by atoms with E-state index in [2.05, 4.69) is 34.0 Å². The molecule has 26 heavy (non-hydrogen) atoms. The summed E-state index contributed by atoms with van der Waals surface area (Å²) in [5.74, 6) is 1.05. The van der Waals surface area contributed by atoms with Crippen LogP contribution in [0.3, 0.4) is 0 Å². The summed E-state index contributed by atoms with van der Waals surface area (Å²) in [6.07, 6.45) is 9.60. The van der Waals surface area contributed by atoms with E-state index in [0.717, 1.165) is 50.2 Å². The summed E-state index contributed by atoms with van der Waals surface area (Å²) in [7, 11) is 0. The van der Waals surface area contributed by atoms with Crippen LogP contribution in [0.1, 0.15) is 70.8 Å². The smallest absolute Gasteiger partial charge is 0.226 e. The fourth-order valence-electron chi connectivity index (χ4n) is 4.18. The summed E-state index contributed by atoms with van der Waals surface area (Å²) in [6.45, 7) is 7.59. The van der Waals surface area contributed by atoms with Crippen molar-refractivity contribution in [2.24, 2.45) is 5.41 Å². The van der Waals surface area contributed by atoms with Gasteiger partial charge in [-0.05, 0) is 43.9 Å². The molecule has 2 amide bonds. The van der Waals surface area contributed by atoms with Gasteiger partial charge >= 0.3 is 0 Å². The fourth-order valence-corrected chi connectivity index (χ4v) is 4.18. The van der Waals surface area contributed by atoms with Gasteiger partial charge in [-0.15, -0.1) is 0 Å². The van der Waals surface area contributed by atoms with Crippen molar-refractivity contribution in [2.75, 3.05) is 6.54 Å². The summed E-state index contributed by atoms with van der Waals surface area (Å²) in [6, 6.07) is 0. The van der Waals surface area contributed by atoms with E-state index in [1.54, 1.807) is 6.92 Å². The number of nitrogens with zero attached hydrogens (tertiary/aromatic N) is 2. The van der Waals surface area contributed by atoms with Gasteiger partial charge in [-0.25, -0.2) is 4.98 Å². The molecule has 0 atom stereocenters. The zero-order valence-corrected chi connectivity index (χ0v) is 16.4. The first-order valence-corrected chi connectivity index (χ1v) is 9.87. The molecule has 0 spiro atoms. The maximum Gasteiger partial charge on any atom is 0.226 e. The Morgan fingerprint density at radius 1 is 1.19 bits per heavy atom. The van der Waals surface area contributed by atoms with Crippen LogP contribution in [0.25, 0.3) is 0 Å². The zero-order chi connectivity index (χ0) is 18.8. The molecule has 6 nitrogen and oxygen atoms in total. The van der Waals surface area contributed by atoms with Gasteiger partial charge in [-0.2, -0.15) is 0 Å². The second-order valence-corrected chi connectivity index (χ2v) is 8.88. The summed E-state index contributed by atoms with van der Waals surface area (Å²) in [5.41, 5.74) is 0.837. The lowest BCUT2D eigenvalue weighted by Gasteiger charge is -2.44. The molecule has 6 heteroatoms. The number of carbonyl (C=O) groups is 2. The molecule has 144 valence electrons. The van der Waals surface area contributed by atoms with Gasteiger partial charge in [-0.3, -0.25) is 9.59 Å². The Morgan fingerprint density at radius 2 is 1.92 bits per heavy atom. The number of amides is 2. The van der Waals surface area contributed by atoms with Crippen molar-refractivity contribution >= 4 is 11.8 Å². The Kier molecular flexibility index (Phi) is 5.39. The highest BCUT2D eigenvalue weighted by atomic mass is 16.2. The maximum absolute atomic E-state index is 12.5. The van der Waals surface area contributed by atoms with Gasteiger partial charge in [-0.1, -0.05) is 13.8 Å². The standard InChI is InChI=1S/C20H32N4O2/c1-15(25)23-20(9-7-19(2,3)8-10-20)14-21-18(26)12-16-13-24-11-5-4-6-17(24)22-16/h13H,4-12,14H2,1-3H3,(H,21,26)(H,23,25). The highest BCUT2D eigenvalue weighted by Crippen LogP contribution is 2.40. The van der Waals surface area contributed by atoms with Crippen LogP contribution in [0.15, 0.2) is 6.20 Å². The normalized spacial score (nSPS) is 20.9. The Balaban J connectivity index is 1.57. The van der Waals surface area contributed by atoms with E-state index >= 15 is 0 Å². The molecular weight excluding hydrogens is 328 g/mol. The highest BCUT2D eigenvalue weighted by Gasteiger charge is 2.39. The van der Waals surface area contributed by atoms with Crippen molar-refractivity contribution in [3.8, 4) is 0 Å². The molecule has 2 N–H and O–H groups in total. The number of hydrogen-bond donors (Lipinski definition) is 2. The van der Waals surface area contributed by atoms with Gasteiger partial charge in [0, 0.05) is 32.6 Å². The van der Waals surface area contributed by atoms with Crippen molar-refractivity contribution in [1.29, 1.82) is 0 Å². The van der Waals surface area contributed by atoms with Crippen LogP contribution in [0.4, 0.5) is 0 Å². The largest absolute Gasteiger partial charge is 0.353 e. The molecule has 1 fully saturated rings. The molecule has 0 saturated heterocycles. The number of hydrogen-bond acceptors (Lipinski definition) is 3. The van der Waals surface area contributed by atoms with Crippen LogP contribution < -0.4 is 10.6 Å². The van der Waals surface area contributed by atoms with Gasteiger partial charge in [0.25, 0.3) is 0 Å². The minimum absolute atomic E-state index is 0.0185. The van der Waals surface area contributed by atoms with Gasteiger partial charge < -0.3 is 15.2 Å². The van der Waals surface area contributed by atoms with E-state index in [0.29, 0.717) is 18.4 Å². The van der Waals surface area contributed by atoms with Crippen LogP contribution in [-0.4, -0.2) is 33.4 Å². The van der Waals surface area contributed by atoms with E-state index in [-0.39, 0.29) is 17.4 Å². The van der Waals surface area contributed by atoms with Crippen molar-refractivity contribution < 1.29 is 9.59 Å². The molecule has 1 aliphatic heterocycles. The Bertz CT molecular complexity index is 644. The number of carbonyl (C=O) groups excluding carboxylic acids is 2. The van der Waals surface area contributed by atoms with E-state index in [1.807, 2.05) is 6.20 Å². The summed E-state index contributed by atoms with van der Waals surface area (Å²) < 4.78 is 2.17. The van der Waals surface area contributed by atoms with E-state index in [9.17, 15) is 9.59 Å². The monoisotopic (exact) mass is 360 g/mol. The third-order valence-electron chi connectivity index (χ3n) is 5.93. The van der Waals surface area contributed by atoms with E-state index < -0.39 is 0 Å². The van der Waals surface area contributed by atoms with Gasteiger partial charge in [0.15, 0.2) is 0 Å². The summed E-state index contributed by atoms with van der Waals surface area (Å²) >= 11 is 0. The van der Waals surface area contributed by atoms with Gasteiger partial charge in [0.2, 0.25) is 11.8 Å². The summed E-state index contributed by atoms with van der Waals surface area (Å²) in [5, 5.41) is 6.17. The van der Waals surface area contributed by atoms with Gasteiger partial charge in [0.05, 0.1) is 17.7 Å². The SMILES string of the molecule is CC(=O)NC1(CNC(=O)Cc2cn3c(n2)CCCC3)CCC(C)(C)CC1. The molecule has 0 unspecified atom stereocenters. The first-order chi connectivity index (χ1) is 12.3. The lowest BCUT2D eigenvalue weighted by atomic mass is 9.69. The van der Waals surface area contributed by atoms with Crippen LogP contribution >= 0.6 is 0 Å². The molecule has 1 saturated carbocycles. The molecule has 1 aliphatic carbocycles. The molecule has 2 heterocycles. The predicted octanol–water partition coefficient (Wildman–Crippen LogP) is 2.35. The van der Waals surface area contributed by atoms with Crippen molar-refractivity contribution in [3.63, 3.8) is 0 Å². The molecule has 2 aliphatic rings. The topological polar surface area (TPSA) is 76.0 Å². The lowest BCUT2D eigenvalue weighted by molar-refractivity contribution is -0.124. The first-order valence-electron chi connectivity index (χ1n) is 9.87. The quantitative estimate of drug-likeness (QED) is 0.846. The van der Waals surface area contributed by atoms with Crippen molar-refractivity contribution in [1.82, 2.24) is 20.2 Å². The second-order valence-electron chi connectivity index (χ2n) is 8.88. The Morgan fingerprint density at radius 3 is 2.58 bits per heavy atom. The predicted molar refractivity (Wildman–Crippen MR) is 101 cm³/mol. The van der Waals surface area contributed by atoms with Crippen LogP contribution in [-0.2, 0) is 29.0 Å². The average Bonchev–Trinajstić information content (AvgIpc) is 2.97. The number of fused-ring (bicyclic) bond motifs is 1. The third-order valence-corrected chi connectivity index (χ3v) is 5.93. The average molecular weight is 361 g/mol.